The molecule has 2 aromatic carbocycles. The molecule has 0 saturated carbocycles. The molecule has 0 unspecified atom stereocenters. The van der Waals surface area contributed by atoms with E-state index in [-0.39, 0.29) is 0 Å². The van der Waals surface area contributed by atoms with Gasteiger partial charge in [-0.2, -0.15) is 10.2 Å². The molecule has 2 heteroatoms. The largest absolute Gasteiger partial charge is 0.302 e. The molecule has 1 aliphatic rings. The number of rotatable bonds is 1. The van der Waals surface area contributed by atoms with Crippen LogP contribution in [0.5, 0.6) is 0 Å². The van der Waals surface area contributed by atoms with E-state index in [9.17, 15) is 0 Å². The van der Waals surface area contributed by atoms with Crippen LogP contribution in [0.1, 0.15) is 16.7 Å². The summed E-state index contributed by atoms with van der Waals surface area (Å²) in [5.74, 6) is 0. The van der Waals surface area contributed by atoms with Crippen LogP contribution in [0.25, 0.3) is 22.2 Å². The maximum atomic E-state index is 2.61. The van der Waals surface area contributed by atoms with E-state index < -0.39 is 10.2 Å². The minimum Gasteiger partial charge on any atom is -0.302 e. The van der Waals surface area contributed by atoms with Crippen LogP contribution in [0.4, 0.5) is 0 Å². The highest BCUT2D eigenvalue weighted by Gasteiger charge is 2.29. The molecule has 0 saturated heterocycles. The number of aryl methyl sites for hydroxylation is 1. The highest BCUT2D eigenvalue weighted by Crippen LogP contribution is 2.51. The van der Waals surface area contributed by atoms with E-state index in [0.717, 1.165) is 6.42 Å². The van der Waals surface area contributed by atoms with Gasteiger partial charge in [-0.15, -0.1) is 0 Å². The molecule has 0 radical (unpaired) electrons. The lowest BCUT2D eigenvalue weighted by molar-refractivity contribution is 1.28. The topological polar surface area (TPSA) is 4.93 Å². The number of nitrogens with zero attached hydrogens (tertiary/aromatic N) is 1. The van der Waals surface area contributed by atoms with Crippen LogP contribution in [-0.4, -0.2) is 22.7 Å². The lowest BCUT2D eigenvalue weighted by Gasteiger charge is -2.31. The van der Waals surface area contributed by atoms with Crippen LogP contribution in [0.15, 0.2) is 42.5 Å². The van der Waals surface area contributed by atoms with Crippen molar-refractivity contribution in [1.29, 1.82) is 0 Å². The van der Waals surface area contributed by atoms with Gasteiger partial charge >= 0.3 is 0 Å². The fraction of sp³-hybridized carbons (Fsp3) is 0.263. The predicted molar refractivity (Wildman–Crippen MR) is 95.7 cm³/mol. The Morgan fingerprint density at radius 3 is 2.52 bits per heavy atom. The molecule has 1 heterocycles. The third-order valence-corrected chi connectivity index (χ3v) is 5.85. The number of fused-ring (bicyclic) bond motifs is 5. The molecule has 1 aliphatic carbocycles. The minimum absolute atomic E-state index is 0.850. The summed E-state index contributed by atoms with van der Waals surface area (Å²) in [7, 11) is -0.850. The summed E-state index contributed by atoms with van der Waals surface area (Å²) in [6.45, 7) is 2.19. The van der Waals surface area contributed by atoms with Crippen molar-refractivity contribution in [3.63, 3.8) is 0 Å². The Bertz CT molecular complexity index is 865. The van der Waals surface area contributed by atoms with Crippen molar-refractivity contribution in [2.75, 3.05) is 18.8 Å². The Labute approximate surface area is 128 Å². The lowest BCUT2D eigenvalue weighted by Crippen LogP contribution is -2.06. The van der Waals surface area contributed by atoms with Gasteiger partial charge in [-0.25, -0.2) is 0 Å². The van der Waals surface area contributed by atoms with Crippen LogP contribution in [0, 0.1) is 6.92 Å². The van der Waals surface area contributed by atoms with Gasteiger partial charge < -0.3 is 3.97 Å². The average molecular weight is 295 g/mol. The van der Waals surface area contributed by atoms with Gasteiger partial charge in [-0.05, 0) is 49.0 Å². The van der Waals surface area contributed by atoms with E-state index >= 15 is 0 Å². The van der Waals surface area contributed by atoms with Crippen molar-refractivity contribution in [3.05, 3.63) is 59.2 Å². The van der Waals surface area contributed by atoms with Crippen LogP contribution in [0.3, 0.4) is 0 Å². The summed E-state index contributed by atoms with van der Waals surface area (Å²) >= 11 is 0. The van der Waals surface area contributed by atoms with E-state index in [4.69, 9.17) is 0 Å². The monoisotopic (exact) mass is 295 g/mol. The van der Waals surface area contributed by atoms with Crippen molar-refractivity contribution in [1.82, 2.24) is 3.97 Å². The van der Waals surface area contributed by atoms with Gasteiger partial charge in [0.1, 0.15) is 0 Å². The summed E-state index contributed by atoms with van der Waals surface area (Å²) in [4.78, 5) is 0. The molecular formula is C19H21NS. The van der Waals surface area contributed by atoms with Crippen LogP contribution < -0.4 is 0 Å². The zero-order chi connectivity index (χ0) is 14.8. The molecule has 0 atom stereocenters. The molecule has 0 fully saturated rings. The first-order valence-electron chi connectivity index (χ1n) is 7.38. The van der Waals surface area contributed by atoms with Gasteiger partial charge in [0.2, 0.25) is 0 Å². The van der Waals surface area contributed by atoms with Crippen LogP contribution >= 0.6 is 10.2 Å². The second-order valence-electron chi connectivity index (χ2n) is 6.75. The number of benzene rings is 2. The molecule has 4 rings (SSSR count). The molecule has 0 bridgehead atoms. The van der Waals surface area contributed by atoms with Crippen molar-refractivity contribution < 1.29 is 0 Å². The van der Waals surface area contributed by atoms with E-state index in [2.05, 4.69) is 72.1 Å². The molecule has 0 amide bonds. The molecule has 0 spiro atoms. The third-order valence-electron chi connectivity index (χ3n) is 4.37. The van der Waals surface area contributed by atoms with E-state index in [1.165, 1.54) is 38.9 Å². The van der Waals surface area contributed by atoms with E-state index in [1.807, 2.05) is 0 Å². The van der Waals surface area contributed by atoms with Crippen molar-refractivity contribution in [2.45, 2.75) is 13.3 Å². The van der Waals surface area contributed by atoms with Gasteiger partial charge in [-0.3, -0.25) is 0 Å². The summed E-state index contributed by atoms with van der Waals surface area (Å²) in [5.41, 5.74) is 8.66. The number of hydrogen-bond acceptors (Lipinski definition) is 0. The van der Waals surface area contributed by atoms with E-state index in [1.54, 1.807) is 0 Å². The second kappa shape index (κ2) is 4.17. The first kappa shape index (κ1) is 13.0. The Hall–Kier alpha value is -1.67. The smallest absolute Gasteiger partial charge is 0.0625 e. The molecule has 21 heavy (non-hydrogen) atoms. The molecule has 1 aromatic heterocycles. The molecule has 0 aliphatic heterocycles. The zero-order valence-corrected chi connectivity index (χ0v) is 13.9. The van der Waals surface area contributed by atoms with Crippen molar-refractivity contribution in [3.8, 4) is 11.3 Å². The summed E-state index contributed by atoms with van der Waals surface area (Å²) < 4.78 is 2.61. The zero-order valence-electron chi connectivity index (χ0n) is 13.1. The van der Waals surface area contributed by atoms with Crippen molar-refractivity contribution in [2.24, 2.45) is 0 Å². The standard InChI is InChI=1S/C19H21NS/c1-13-9-10-18-16(11-13)17-12-14-7-5-6-8-15(14)19(17)20(18)21(2,3)4/h5-11H,12H2,1-4H3. The number of aromatic nitrogens is 1. The summed E-state index contributed by atoms with van der Waals surface area (Å²) in [5, 5.41) is 1.45. The summed E-state index contributed by atoms with van der Waals surface area (Å²) in [6, 6.07) is 15.8. The Morgan fingerprint density at radius 2 is 1.76 bits per heavy atom. The normalized spacial score (nSPS) is 14.3. The van der Waals surface area contributed by atoms with Gasteiger partial charge in [0.05, 0.1) is 11.2 Å². The average Bonchev–Trinajstić information content (AvgIpc) is 2.92. The highest BCUT2D eigenvalue weighted by atomic mass is 32.3. The molecule has 1 nitrogen and oxygen atoms in total. The second-order valence-corrected chi connectivity index (χ2v) is 10.7. The maximum absolute atomic E-state index is 2.61. The highest BCUT2D eigenvalue weighted by molar-refractivity contribution is 8.31. The quantitative estimate of drug-likeness (QED) is 0.467. The molecule has 108 valence electrons. The maximum Gasteiger partial charge on any atom is 0.0625 e. The predicted octanol–water partition coefficient (Wildman–Crippen LogP) is 4.98. The third kappa shape index (κ3) is 1.78. The summed E-state index contributed by atoms with van der Waals surface area (Å²) in [6.07, 6.45) is 8.22. The van der Waals surface area contributed by atoms with Crippen molar-refractivity contribution >= 4 is 21.1 Å². The van der Waals surface area contributed by atoms with Gasteiger partial charge in [-0.1, -0.05) is 35.9 Å². The van der Waals surface area contributed by atoms with Gasteiger partial charge in [0.25, 0.3) is 0 Å². The minimum atomic E-state index is -0.850. The lowest BCUT2D eigenvalue weighted by atomic mass is 10.1. The first-order valence-corrected chi connectivity index (χ1v) is 10.2. The van der Waals surface area contributed by atoms with Crippen LogP contribution in [0.2, 0.25) is 0 Å². The van der Waals surface area contributed by atoms with Gasteiger partial charge in [0.15, 0.2) is 0 Å². The fourth-order valence-electron chi connectivity index (χ4n) is 3.56. The number of hydrogen-bond donors (Lipinski definition) is 0. The first-order chi connectivity index (χ1) is 9.97. The fourth-order valence-corrected chi connectivity index (χ4v) is 5.06. The molecular weight excluding hydrogens is 274 g/mol. The Morgan fingerprint density at radius 1 is 1.00 bits per heavy atom. The molecule has 3 aromatic rings. The Balaban J connectivity index is 2.18. The van der Waals surface area contributed by atoms with E-state index in [0.29, 0.717) is 0 Å². The Kier molecular flexibility index (Phi) is 2.59. The SMILES string of the molecule is Cc1ccc2c(c1)c1c(n2S(C)(C)C)-c2ccccc2C1. The van der Waals surface area contributed by atoms with Crippen LogP contribution in [-0.2, 0) is 6.42 Å². The van der Waals surface area contributed by atoms with Gasteiger partial charge in [0, 0.05) is 17.4 Å². The molecule has 0 N–H and O–H groups in total.